The highest BCUT2D eigenvalue weighted by Gasteiger charge is 2.26. The Labute approximate surface area is 151 Å². The predicted octanol–water partition coefficient (Wildman–Crippen LogP) is 2.55. The fraction of sp³-hybridized carbons (Fsp3) is 0.300. The number of carbonyl (C=O) groups excluding carboxylic acids is 1. The van der Waals surface area contributed by atoms with Crippen molar-refractivity contribution in [3.8, 4) is 5.75 Å². The van der Waals surface area contributed by atoms with Crippen LogP contribution in [0.15, 0.2) is 53.6 Å². The van der Waals surface area contributed by atoms with Crippen LogP contribution in [0, 0.1) is 0 Å². The van der Waals surface area contributed by atoms with Gasteiger partial charge in [-0.25, -0.2) is 0 Å². The summed E-state index contributed by atoms with van der Waals surface area (Å²) in [6, 6.07) is 11.4. The number of fused-ring (bicyclic) bond motifs is 1. The van der Waals surface area contributed by atoms with Crippen LogP contribution in [0.25, 0.3) is 10.9 Å². The first-order valence-corrected chi connectivity index (χ1v) is 8.81. The van der Waals surface area contributed by atoms with Gasteiger partial charge in [0.25, 0.3) is 11.5 Å². The normalized spacial score (nSPS) is 15.3. The molecule has 4 rings (SSSR count). The van der Waals surface area contributed by atoms with Gasteiger partial charge < -0.3 is 19.2 Å². The van der Waals surface area contributed by atoms with E-state index in [1.165, 1.54) is 6.20 Å². The SMILES string of the molecule is Cn1ccc2c(OC3CCN(C(=O)c4ccc[nH]c4=O)CC3)cccc21. The fourth-order valence-electron chi connectivity index (χ4n) is 3.49. The van der Waals surface area contributed by atoms with E-state index in [-0.39, 0.29) is 23.1 Å². The van der Waals surface area contributed by atoms with Crippen LogP contribution in [0.2, 0.25) is 0 Å². The zero-order valence-electron chi connectivity index (χ0n) is 14.6. The number of likely N-dealkylation sites (tertiary alicyclic amines) is 1. The van der Waals surface area contributed by atoms with Crippen molar-refractivity contribution in [1.82, 2.24) is 14.5 Å². The summed E-state index contributed by atoms with van der Waals surface area (Å²) in [5.41, 5.74) is 0.992. The third kappa shape index (κ3) is 2.98. The molecule has 1 fully saturated rings. The molecule has 134 valence electrons. The molecule has 0 aliphatic carbocycles. The Bertz CT molecular complexity index is 997. The maximum absolute atomic E-state index is 12.5. The summed E-state index contributed by atoms with van der Waals surface area (Å²) < 4.78 is 8.29. The number of ether oxygens (including phenoxy) is 1. The van der Waals surface area contributed by atoms with Crippen molar-refractivity contribution in [3.05, 3.63) is 64.7 Å². The van der Waals surface area contributed by atoms with E-state index in [9.17, 15) is 9.59 Å². The number of rotatable bonds is 3. The summed E-state index contributed by atoms with van der Waals surface area (Å²) in [5.74, 6) is 0.669. The number of nitrogens with zero attached hydrogens (tertiary/aromatic N) is 2. The van der Waals surface area contributed by atoms with Gasteiger partial charge in [0.05, 0.1) is 5.52 Å². The van der Waals surface area contributed by atoms with E-state index in [1.54, 1.807) is 17.0 Å². The van der Waals surface area contributed by atoms with E-state index in [2.05, 4.69) is 21.7 Å². The second-order valence-electron chi connectivity index (χ2n) is 6.64. The molecule has 6 heteroatoms. The highest BCUT2D eigenvalue weighted by atomic mass is 16.5. The second-order valence-corrected chi connectivity index (χ2v) is 6.64. The smallest absolute Gasteiger partial charge is 0.260 e. The van der Waals surface area contributed by atoms with Crippen LogP contribution in [0.4, 0.5) is 0 Å². The van der Waals surface area contributed by atoms with Gasteiger partial charge in [-0.05, 0) is 30.3 Å². The Morgan fingerprint density at radius 1 is 1.15 bits per heavy atom. The molecule has 2 aromatic heterocycles. The van der Waals surface area contributed by atoms with E-state index in [0.717, 1.165) is 29.5 Å². The summed E-state index contributed by atoms with van der Waals surface area (Å²) in [6.45, 7) is 1.17. The van der Waals surface area contributed by atoms with Gasteiger partial charge in [-0.15, -0.1) is 0 Å². The summed E-state index contributed by atoms with van der Waals surface area (Å²) in [5, 5.41) is 1.10. The molecule has 26 heavy (non-hydrogen) atoms. The zero-order chi connectivity index (χ0) is 18.1. The molecule has 1 aliphatic rings. The molecule has 0 atom stereocenters. The number of aromatic amines is 1. The van der Waals surface area contributed by atoms with Gasteiger partial charge >= 0.3 is 0 Å². The Balaban J connectivity index is 1.43. The highest BCUT2D eigenvalue weighted by molar-refractivity contribution is 5.93. The summed E-state index contributed by atoms with van der Waals surface area (Å²) in [7, 11) is 2.02. The molecule has 0 bridgehead atoms. The molecule has 1 saturated heterocycles. The second kappa shape index (κ2) is 6.71. The van der Waals surface area contributed by atoms with Gasteiger partial charge in [0.15, 0.2) is 0 Å². The number of carbonyl (C=O) groups is 1. The topological polar surface area (TPSA) is 67.3 Å². The van der Waals surface area contributed by atoms with E-state index < -0.39 is 0 Å². The maximum Gasteiger partial charge on any atom is 0.260 e. The van der Waals surface area contributed by atoms with E-state index in [0.29, 0.717) is 13.1 Å². The number of H-pyrrole nitrogens is 1. The van der Waals surface area contributed by atoms with E-state index >= 15 is 0 Å². The van der Waals surface area contributed by atoms with Gasteiger partial charge in [0.2, 0.25) is 0 Å². The van der Waals surface area contributed by atoms with Gasteiger partial charge in [0, 0.05) is 50.8 Å². The molecule has 0 radical (unpaired) electrons. The first-order chi connectivity index (χ1) is 12.6. The number of nitrogens with one attached hydrogen (secondary N) is 1. The van der Waals surface area contributed by atoms with Crippen molar-refractivity contribution in [2.24, 2.45) is 7.05 Å². The zero-order valence-corrected chi connectivity index (χ0v) is 14.6. The lowest BCUT2D eigenvalue weighted by Crippen LogP contribution is -2.43. The van der Waals surface area contributed by atoms with Crippen LogP contribution >= 0.6 is 0 Å². The summed E-state index contributed by atoms with van der Waals surface area (Å²) in [4.78, 5) is 28.6. The molecular formula is C20H21N3O3. The summed E-state index contributed by atoms with van der Waals surface area (Å²) >= 11 is 0. The molecule has 1 amide bonds. The molecule has 6 nitrogen and oxygen atoms in total. The molecule has 1 aromatic carbocycles. The molecule has 0 unspecified atom stereocenters. The van der Waals surface area contributed by atoms with E-state index in [4.69, 9.17) is 4.74 Å². The molecule has 1 aliphatic heterocycles. The van der Waals surface area contributed by atoms with Crippen molar-refractivity contribution in [2.45, 2.75) is 18.9 Å². The van der Waals surface area contributed by atoms with Gasteiger partial charge in [-0.2, -0.15) is 0 Å². The first-order valence-electron chi connectivity index (χ1n) is 8.81. The van der Waals surface area contributed by atoms with Gasteiger partial charge in [-0.3, -0.25) is 9.59 Å². The van der Waals surface area contributed by atoms with Crippen molar-refractivity contribution < 1.29 is 9.53 Å². The number of pyridine rings is 1. The predicted molar refractivity (Wildman–Crippen MR) is 99.5 cm³/mol. The lowest BCUT2D eigenvalue weighted by Gasteiger charge is -2.32. The summed E-state index contributed by atoms with van der Waals surface area (Å²) in [6.07, 6.45) is 5.12. The van der Waals surface area contributed by atoms with Crippen LogP contribution in [0.1, 0.15) is 23.2 Å². The lowest BCUT2D eigenvalue weighted by molar-refractivity contribution is 0.0596. The number of aromatic nitrogens is 2. The van der Waals surface area contributed by atoms with Gasteiger partial charge in [-0.1, -0.05) is 6.07 Å². The standard InChI is InChI=1S/C20H21N3O3/c1-22-11-9-15-17(22)5-2-6-18(15)26-14-7-12-23(13-8-14)20(25)16-4-3-10-21-19(16)24/h2-6,9-11,14H,7-8,12-13H2,1H3,(H,21,24). The van der Waals surface area contributed by atoms with Crippen molar-refractivity contribution >= 4 is 16.8 Å². The Kier molecular flexibility index (Phi) is 4.24. The van der Waals surface area contributed by atoms with Gasteiger partial charge in [0.1, 0.15) is 17.4 Å². The third-order valence-corrected chi connectivity index (χ3v) is 4.96. The van der Waals surface area contributed by atoms with Crippen LogP contribution < -0.4 is 10.3 Å². The number of benzene rings is 1. The van der Waals surface area contributed by atoms with Crippen LogP contribution in [-0.4, -0.2) is 39.6 Å². The minimum atomic E-state index is -0.341. The molecule has 0 spiro atoms. The van der Waals surface area contributed by atoms with Crippen LogP contribution in [0.5, 0.6) is 5.75 Å². The Hall–Kier alpha value is -3.02. The number of hydrogen-bond donors (Lipinski definition) is 1. The lowest BCUT2D eigenvalue weighted by atomic mass is 10.1. The molecule has 3 aromatic rings. The Morgan fingerprint density at radius 2 is 1.96 bits per heavy atom. The molecule has 0 saturated carbocycles. The molecular weight excluding hydrogens is 330 g/mol. The largest absolute Gasteiger partial charge is 0.490 e. The van der Waals surface area contributed by atoms with Crippen molar-refractivity contribution in [2.75, 3.05) is 13.1 Å². The van der Waals surface area contributed by atoms with E-state index in [1.807, 2.05) is 25.4 Å². The van der Waals surface area contributed by atoms with Crippen LogP contribution in [0.3, 0.4) is 0 Å². The number of aryl methyl sites for hydroxylation is 1. The average Bonchev–Trinajstić information content (AvgIpc) is 3.04. The maximum atomic E-state index is 12.5. The highest BCUT2D eigenvalue weighted by Crippen LogP contribution is 2.28. The number of hydrogen-bond acceptors (Lipinski definition) is 3. The minimum Gasteiger partial charge on any atom is -0.490 e. The number of amides is 1. The third-order valence-electron chi connectivity index (χ3n) is 4.96. The Morgan fingerprint density at radius 3 is 2.73 bits per heavy atom. The fourth-order valence-corrected chi connectivity index (χ4v) is 3.49. The van der Waals surface area contributed by atoms with Crippen molar-refractivity contribution in [1.29, 1.82) is 0 Å². The minimum absolute atomic E-state index is 0.0684. The molecule has 1 N–H and O–H groups in total. The first kappa shape index (κ1) is 16.4. The van der Waals surface area contributed by atoms with Crippen LogP contribution in [-0.2, 0) is 7.05 Å². The monoisotopic (exact) mass is 351 g/mol. The molecule has 3 heterocycles. The van der Waals surface area contributed by atoms with Crippen molar-refractivity contribution in [3.63, 3.8) is 0 Å². The quantitative estimate of drug-likeness (QED) is 0.788. The average molecular weight is 351 g/mol. The number of piperidine rings is 1.